The SMILES string of the molecule is CC(=O)NC(CC(=O)NCC(C)(C)N)c1ccc(Br)cc1. The number of amides is 2. The number of halogens is 1. The minimum Gasteiger partial charge on any atom is -0.354 e. The number of benzene rings is 1. The van der Waals surface area contributed by atoms with Crippen molar-refractivity contribution in [3.63, 3.8) is 0 Å². The molecule has 1 aromatic carbocycles. The Balaban J connectivity index is 2.72. The van der Waals surface area contributed by atoms with Crippen molar-refractivity contribution in [3.05, 3.63) is 34.3 Å². The molecule has 0 saturated carbocycles. The van der Waals surface area contributed by atoms with Gasteiger partial charge in [0.15, 0.2) is 0 Å². The van der Waals surface area contributed by atoms with Gasteiger partial charge in [0.05, 0.1) is 12.5 Å². The number of rotatable bonds is 6. The Kier molecular flexibility index (Phi) is 6.36. The lowest BCUT2D eigenvalue weighted by Gasteiger charge is -2.21. The van der Waals surface area contributed by atoms with E-state index in [1.807, 2.05) is 38.1 Å². The standard InChI is InChI=1S/C15H22BrN3O2/c1-10(20)19-13(11-4-6-12(16)7-5-11)8-14(21)18-9-15(2,3)17/h4-7,13H,8-9,17H2,1-3H3,(H,18,21)(H,19,20). The average molecular weight is 356 g/mol. The zero-order chi connectivity index (χ0) is 16.0. The summed E-state index contributed by atoms with van der Waals surface area (Å²) in [4.78, 5) is 23.3. The van der Waals surface area contributed by atoms with Crippen molar-refractivity contribution in [1.82, 2.24) is 10.6 Å². The van der Waals surface area contributed by atoms with Crippen molar-refractivity contribution >= 4 is 27.7 Å². The van der Waals surface area contributed by atoms with Crippen molar-refractivity contribution < 1.29 is 9.59 Å². The number of nitrogens with one attached hydrogen (secondary N) is 2. The third-order valence-corrected chi connectivity index (χ3v) is 3.31. The van der Waals surface area contributed by atoms with E-state index in [9.17, 15) is 9.59 Å². The molecular formula is C15H22BrN3O2. The fourth-order valence-corrected chi connectivity index (χ4v) is 2.04. The van der Waals surface area contributed by atoms with Crippen LogP contribution in [-0.4, -0.2) is 23.9 Å². The van der Waals surface area contributed by atoms with Gasteiger partial charge >= 0.3 is 0 Å². The molecule has 1 atom stereocenters. The van der Waals surface area contributed by atoms with Crippen molar-refractivity contribution in [1.29, 1.82) is 0 Å². The van der Waals surface area contributed by atoms with E-state index in [0.29, 0.717) is 6.54 Å². The maximum Gasteiger partial charge on any atom is 0.222 e. The van der Waals surface area contributed by atoms with E-state index < -0.39 is 5.54 Å². The average Bonchev–Trinajstić information content (AvgIpc) is 2.35. The maximum atomic E-state index is 12.0. The molecule has 0 radical (unpaired) electrons. The van der Waals surface area contributed by atoms with Gasteiger partial charge in [-0.25, -0.2) is 0 Å². The Hall–Kier alpha value is -1.40. The Morgan fingerprint density at radius 3 is 2.33 bits per heavy atom. The first-order chi connectivity index (χ1) is 9.67. The highest BCUT2D eigenvalue weighted by Gasteiger charge is 2.18. The van der Waals surface area contributed by atoms with Crippen LogP contribution < -0.4 is 16.4 Å². The van der Waals surface area contributed by atoms with Crippen LogP contribution in [0.5, 0.6) is 0 Å². The molecule has 2 amide bonds. The molecule has 0 heterocycles. The van der Waals surface area contributed by atoms with Crippen LogP contribution in [0.15, 0.2) is 28.7 Å². The molecule has 116 valence electrons. The molecule has 6 heteroatoms. The summed E-state index contributed by atoms with van der Waals surface area (Å²) in [7, 11) is 0. The zero-order valence-electron chi connectivity index (χ0n) is 12.6. The number of carbonyl (C=O) groups excluding carboxylic acids is 2. The molecule has 0 aromatic heterocycles. The molecule has 4 N–H and O–H groups in total. The van der Waals surface area contributed by atoms with Gasteiger partial charge < -0.3 is 16.4 Å². The molecule has 5 nitrogen and oxygen atoms in total. The molecule has 0 spiro atoms. The van der Waals surface area contributed by atoms with E-state index in [2.05, 4.69) is 26.6 Å². The first-order valence-electron chi connectivity index (χ1n) is 6.75. The summed E-state index contributed by atoms with van der Waals surface area (Å²) in [5.41, 5.74) is 6.26. The van der Waals surface area contributed by atoms with Gasteiger partial charge in [-0.2, -0.15) is 0 Å². The Morgan fingerprint density at radius 1 is 1.29 bits per heavy atom. The van der Waals surface area contributed by atoms with Crippen LogP contribution in [-0.2, 0) is 9.59 Å². The van der Waals surface area contributed by atoms with Gasteiger partial charge in [-0.1, -0.05) is 28.1 Å². The van der Waals surface area contributed by atoms with Gasteiger partial charge in [0.25, 0.3) is 0 Å². The van der Waals surface area contributed by atoms with Crippen LogP contribution in [0.3, 0.4) is 0 Å². The molecule has 21 heavy (non-hydrogen) atoms. The number of carbonyl (C=O) groups is 2. The van der Waals surface area contributed by atoms with Crippen LogP contribution >= 0.6 is 15.9 Å². The third kappa shape index (κ3) is 7.24. The van der Waals surface area contributed by atoms with Crippen molar-refractivity contribution in [2.24, 2.45) is 5.73 Å². The van der Waals surface area contributed by atoms with Gasteiger partial charge in [0, 0.05) is 23.5 Å². The molecule has 0 aliphatic rings. The van der Waals surface area contributed by atoms with Crippen LogP contribution in [0, 0.1) is 0 Å². The predicted octanol–water partition coefficient (Wildman–Crippen LogP) is 1.87. The lowest BCUT2D eigenvalue weighted by molar-refractivity contribution is -0.123. The number of nitrogens with two attached hydrogens (primary N) is 1. The number of hydrogen-bond acceptors (Lipinski definition) is 3. The summed E-state index contributed by atoms with van der Waals surface area (Å²) in [6, 6.07) is 7.17. The van der Waals surface area contributed by atoms with E-state index in [1.54, 1.807) is 0 Å². The number of hydrogen-bond donors (Lipinski definition) is 3. The van der Waals surface area contributed by atoms with E-state index in [4.69, 9.17) is 5.73 Å². The van der Waals surface area contributed by atoms with Crippen LogP contribution in [0.2, 0.25) is 0 Å². The Bertz CT molecular complexity index is 495. The lowest BCUT2D eigenvalue weighted by Crippen LogP contribution is -2.45. The summed E-state index contributed by atoms with van der Waals surface area (Å²) >= 11 is 3.36. The minimum absolute atomic E-state index is 0.143. The fraction of sp³-hybridized carbons (Fsp3) is 0.467. The van der Waals surface area contributed by atoms with Crippen LogP contribution in [0.4, 0.5) is 0 Å². The second kappa shape index (κ2) is 7.56. The zero-order valence-corrected chi connectivity index (χ0v) is 14.2. The highest BCUT2D eigenvalue weighted by atomic mass is 79.9. The molecule has 0 bridgehead atoms. The second-order valence-corrected chi connectivity index (χ2v) is 6.69. The van der Waals surface area contributed by atoms with Gasteiger partial charge in [-0.3, -0.25) is 9.59 Å². The first-order valence-corrected chi connectivity index (χ1v) is 7.55. The quantitative estimate of drug-likeness (QED) is 0.728. The van der Waals surface area contributed by atoms with Crippen molar-refractivity contribution in [3.8, 4) is 0 Å². The molecule has 0 aliphatic heterocycles. The molecule has 0 aliphatic carbocycles. The van der Waals surface area contributed by atoms with E-state index in [0.717, 1.165) is 10.0 Å². The van der Waals surface area contributed by atoms with Gasteiger partial charge in [0.2, 0.25) is 11.8 Å². The summed E-state index contributed by atoms with van der Waals surface area (Å²) in [5.74, 6) is -0.315. The Morgan fingerprint density at radius 2 is 1.86 bits per heavy atom. The molecule has 1 rings (SSSR count). The first kappa shape index (κ1) is 17.7. The summed E-state index contributed by atoms with van der Waals surface area (Å²) in [6.07, 6.45) is 0.178. The highest BCUT2D eigenvalue weighted by Crippen LogP contribution is 2.19. The fourth-order valence-electron chi connectivity index (χ4n) is 1.78. The molecule has 0 fully saturated rings. The molecular weight excluding hydrogens is 334 g/mol. The minimum atomic E-state index is -0.462. The normalized spacial score (nSPS) is 12.6. The summed E-state index contributed by atoms with van der Waals surface area (Å²) in [6.45, 7) is 5.51. The maximum absolute atomic E-state index is 12.0. The highest BCUT2D eigenvalue weighted by molar-refractivity contribution is 9.10. The molecule has 1 aromatic rings. The topological polar surface area (TPSA) is 84.2 Å². The molecule has 1 unspecified atom stereocenters. The summed E-state index contributed by atoms with van der Waals surface area (Å²) < 4.78 is 0.946. The van der Waals surface area contributed by atoms with Crippen molar-refractivity contribution in [2.45, 2.75) is 38.8 Å². The lowest BCUT2D eigenvalue weighted by atomic mass is 10.0. The van der Waals surface area contributed by atoms with E-state index in [-0.39, 0.29) is 24.3 Å². The molecule has 0 saturated heterocycles. The second-order valence-electron chi connectivity index (χ2n) is 5.77. The predicted molar refractivity (Wildman–Crippen MR) is 86.6 cm³/mol. The Labute approximate surface area is 133 Å². The largest absolute Gasteiger partial charge is 0.354 e. The van der Waals surface area contributed by atoms with Crippen LogP contribution in [0.1, 0.15) is 38.8 Å². The van der Waals surface area contributed by atoms with E-state index >= 15 is 0 Å². The van der Waals surface area contributed by atoms with Gasteiger partial charge in [-0.05, 0) is 31.5 Å². The third-order valence-electron chi connectivity index (χ3n) is 2.78. The van der Waals surface area contributed by atoms with E-state index in [1.165, 1.54) is 6.92 Å². The van der Waals surface area contributed by atoms with Crippen molar-refractivity contribution in [2.75, 3.05) is 6.54 Å². The van der Waals surface area contributed by atoms with Gasteiger partial charge in [0.1, 0.15) is 0 Å². The van der Waals surface area contributed by atoms with Gasteiger partial charge in [-0.15, -0.1) is 0 Å². The summed E-state index contributed by atoms with van der Waals surface area (Å²) in [5, 5.41) is 5.58. The smallest absolute Gasteiger partial charge is 0.222 e. The van der Waals surface area contributed by atoms with Crippen LogP contribution in [0.25, 0.3) is 0 Å². The monoisotopic (exact) mass is 355 g/mol.